The third-order valence-electron chi connectivity index (χ3n) is 5.12. The molecule has 1 amide bonds. The van der Waals surface area contributed by atoms with Gasteiger partial charge in [0.2, 0.25) is 15.9 Å². The highest BCUT2D eigenvalue weighted by Crippen LogP contribution is 2.34. The first-order chi connectivity index (χ1) is 14.8. The maximum Gasteiger partial charge on any atom is 0.573 e. The molecule has 1 aliphatic rings. The van der Waals surface area contributed by atoms with Gasteiger partial charge in [0.1, 0.15) is 5.75 Å². The van der Waals surface area contributed by atoms with Gasteiger partial charge in [-0.15, -0.1) is 13.2 Å². The number of anilines is 1. The minimum absolute atomic E-state index is 0.161. The number of fused-ring (bicyclic) bond motifs is 1. The van der Waals surface area contributed by atoms with Crippen molar-refractivity contribution >= 4 is 42.6 Å². The Hall–Kier alpha value is -1.96. The molecule has 2 aromatic rings. The van der Waals surface area contributed by atoms with Gasteiger partial charge in [0, 0.05) is 38.2 Å². The number of carbonyl (C=O) groups excluding carboxylic acids is 1. The molecular formula is C19H25F3N4O4S2. The monoisotopic (exact) mass is 494 g/mol. The minimum Gasteiger partial charge on any atom is -0.406 e. The van der Waals surface area contributed by atoms with E-state index in [1.807, 2.05) is 19.0 Å². The molecule has 3 rings (SSSR count). The number of nitrogens with zero attached hydrogens (tertiary/aromatic N) is 4. The van der Waals surface area contributed by atoms with Crippen LogP contribution in [0.3, 0.4) is 0 Å². The van der Waals surface area contributed by atoms with Crippen LogP contribution in [-0.4, -0.2) is 81.4 Å². The molecule has 178 valence electrons. The predicted molar refractivity (Wildman–Crippen MR) is 116 cm³/mol. The number of ether oxygens (including phenoxy) is 1. The smallest absolute Gasteiger partial charge is 0.406 e. The lowest BCUT2D eigenvalue weighted by molar-refractivity contribution is -0.274. The maximum absolute atomic E-state index is 13.3. The van der Waals surface area contributed by atoms with Gasteiger partial charge < -0.3 is 9.64 Å². The van der Waals surface area contributed by atoms with Crippen LogP contribution in [0.25, 0.3) is 10.2 Å². The van der Waals surface area contributed by atoms with Crippen molar-refractivity contribution in [3.63, 3.8) is 0 Å². The van der Waals surface area contributed by atoms with Gasteiger partial charge in [-0.25, -0.2) is 17.7 Å². The van der Waals surface area contributed by atoms with Gasteiger partial charge in [0.15, 0.2) is 5.13 Å². The van der Waals surface area contributed by atoms with E-state index >= 15 is 0 Å². The first-order valence-electron chi connectivity index (χ1n) is 9.91. The number of alkyl halides is 3. The second-order valence-electron chi connectivity index (χ2n) is 7.90. The normalized spacial score (nSPS) is 16.6. The van der Waals surface area contributed by atoms with E-state index in [9.17, 15) is 26.4 Å². The van der Waals surface area contributed by atoms with Crippen LogP contribution in [0.4, 0.5) is 18.3 Å². The van der Waals surface area contributed by atoms with Crippen LogP contribution in [0, 0.1) is 5.92 Å². The Morgan fingerprint density at radius 3 is 2.47 bits per heavy atom. The second kappa shape index (κ2) is 9.49. The number of carbonyl (C=O) groups is 1. The number of aromatic nitrogens is 1. The zero-order valence-corrected chi connectivity index (χ0v) is 19.6. The van der Waals surface area contributed by atoms with Crippen molar-refractivity contribution in [2.45, 2.75) is 19.2 Å². The predicted octanol–water partition coefficient (Wildman–Crippen LogP) is 2.76. The summed E-state index contributed by atoms with van der Waals surface area (Å²) in [4.78, 5) is 21.3. The van der Waals surface area contributed by atoms with E-state index in [0.29, 0.717) is 41.3 Å². The molecule has 0 radical (unpaired) electrons. The summed E-state index contributed by atoms with van der Waals surface area (Å²) in [5.74, 6) is -0.864. The molecular weight excluding hydrogens is 469 g/mol. The molecule has 1 fully saturated rings. The number of hydrogen-bond donors (Lipinski definition) is 0. The highest BCUT2D eigenvalue weighted by molar-refractivity contribution is 7.88. The van der Waals surface area contributed by atoms with Crippen molar-refractivity contribution in [2.75, 3.05) is 51.4 Å². The Bertz CT molecular complexity index is 1060. The first kappa shape index (κ1) is 24.7. The highest BCUT2D eigenvalue weighted by Gasteiger charge is 2.34. The summed E-state index contributed by atoms with van der Waals surface area (Å²) in [5.41, 5.74) is 0.467. The fraction of sp³-hybridized carbons (Fsp3) is 0.579. The topological polar surface area (TPSA) is 83.0 Å². The van der Waals surface area contributed by atoms with E-state index in [1.165, 1.54) is 22.5 Å². The van der Waals surface area contributed by atoms with Crippen molar-refractivity contribution in [1.29, 1.82) is 0 Å². The van der Waals surface area contributed by atoms with Crippen LogP contribution < -0.4 is 9.64 Å². The second-order valence-corrected chi connectivity index (χ2v) is 10.9. The molecule has 0 atom stereocenters. The summed E-state index contributed by atoms with van der Waals surface area (Å²) in [6.07, 6.45) is -2.84. The van der Waals surface area contributed by atoms with Gasteiger partial charge in [-0.3, -0.25) is 9.69 Å². The average Bonchev–Trinajstić information content (AvgIpc) is 3.08. The summed E-state index contributed by atoms with van der Waals surface area (Å²) in [6, 6.07) is 3.87. The molecule has 8 nitrogen and oxygen atoms in total. The SMILES string of the molecule is CN(C)CCN(C(=O)C1CCN(S(C)(=O)=O)CC1)c1nc2ccc(OC(F)(F)F)cc2s1. The van der Waals surface area contributed by atoms with Crippen molar-refractivity contribution in [2.24, 2.45) is 5.92 Å². The number of hydrogen-bond acceptors (Lipinski definition) is 7. The molecule has 0 N–H and O–H groups in total. The molecule has 0 unspecified atom stereocenters. The summed E-state index contributed by atoms with van der Waals surface area (Å²) < 4.78 is 66.9. The van der Waals surface area contributed by atoms with Crippen LogP contribution in [0.15, 0.2) is 18.2 Å². The van der Waals surface area contributed by atoms with Gasteiger partial charge in [-0.1, -0.05) is 11.3 Å². The number of halogens is 3. The molecule has 13 heteroatoms. The first-order valence-corrected chi connectivity index (χ1v) is 12.6. The Morgan fingerprint density at radius 2 is 1.91 bits per heavy atom. The standard InChI is InChI=1S/C19H25F3N4O4S2/c1-24(2)10-11-26(17(27)13-6-8-25(9-7-13)32(3,28)29)18-23-15-5-4-14(12-16(15)31-18)30-19(20,21)22/h4-5,12-13H,6-11H2,1-3H3. The Morgan fingerprint density at radius 1 is 1.25 bits per heavy atom. The Balaban J connectivity index is 1.83. The average molecular weight is 495 g/mol. The molecule has 0 aliphatic carbocycles. The molecule has 1 aliphatic heterocycles. The van der Waals surface area contributed by atoms with E-state index in [4.69, 9.17) is 0 Å². The van der Waals surface area contributed by atoms with Gasteiger partial charge in [0.25, 0.3) is 0 Å². The summed E-state index contributed by atoms with van der Waals surface area (Å²) in [5, 5.41) is 0.390. The number of thiazole rings is 1. The fourth-order valence-corrected chi connectivity index (χ4v) is 5.36. The van der Waals surface area contributed by atoms with Crippen LogP contribution in [0.2, 0.25) is 0 Å². The number of sulfonamides is 1. The van der Waals surface area contributed by atoms with E-state index in [0.717, 1.165) is 17.6 Å². The van der Waals surface area contributed by atoms with Crippen molar-refractivity contribution in [3.8, 4) is 5.75 Å². The third-order valence-corrected chi connectivity index (χ3v) is 7.47. The van der Waals surface area contributed by atoms with Gasteiger partial charge >= 0.3 is 6.36 Å². The van der Waals surface area contributed by atoms with Crippen molar-refractivity contribution in [3.05, 3.63) is 18.2 Å². The highest BCUT2D eigenvalue weighted by atomic mass is 32.2. The third kappa shape index (κ3) is 6.30. The van der Waals surface area contributed by atoms with E-state index < -0.39 is 16.4 Å². The number of benzene rings is 1. The molecule has 0 saturated carbocycles. The van der Waals surface area contributed by atoms with Crippen LogP contribution in [0.5, 0.6) is 5.75 Å². The zero-order valence-electron chi connectivity index (χ0n) is 17.9. The number of rotatable bonds is 7. The van der Waals surface area contributed by atoms with E-state index in [1.54, 1.807) is 4.90 Å². The minimum atomic E-state index is -4.80. The Kier molecular flexibility index (Phi) is 7.32. The van der Waals surface area contributed by atoms with Crippen molar-refractivity contribution in [1.82, 2.24) is 14.2 Å². The lowest BCUT2D eigenvalue weighted by Crippen LogP contribution is -2.45. The lowest BCUT2D eigenvalue weighted by Gasteiger charge is -2.32. The van der Waals surface area contributed by atoms with Gasteiger partial charge in [0.05, 0.1) is 16.5 Å². The van der Waals surface area contributed by atoms with Crippen LogP contribution in [0.1, 0.15) is 12.8 Å². The quantitative estimate of drug-likeness (QED) is 0.589. The zero-order chi connectivity index (χ0) is 23.7. The summed E-state index contributed by atoms with van der Waals surface area (Å²) >= 11 is 1.12. The number of piperidine rings is 1. The number of likely N-dealkylation sites (N-methyl/N-ethyl adjacent to an activating group) is 1. The molecule has 2 heterocycles. The van der Waals surface area contributed by atoms with Gasteiger partial charge in [-0.2, -0.15) is 0 Å². The van der Waals surface area contributed by atoms with Crippen LogP contribution >= 0.6 is 11.3 Å². The van der Waals surface area contributed by atoms with Crippen LogP contribution in [-0.2, 0) is 14.8 Å². The molecule has 1 aromatic heterocycles. The molecule has 32 heavy (non-hydrogen) atoms. The summed E-state index contributed by atoms with van der Waals surface area (Å²) in [6.45, 7) is 1.46. The van der Waals surface area contributed by atoms with E-state index in [-0.39, 0.29) is 30.7 Å². The summed E-state index contributed by atoms with van der Waals surface area (Å²) in [7, 11) is 0.431. The largest absolute Gasteiger partial charge is 0.573 e. The van der Waals surface area contributed by atoms with E-state index in [2.05, 4.69) is 9.72 Å². The maximum atomic E-state index is 13.3. The molecule has 0 bridgehead atoms. The van der Waals surface area contributed by atoms with Crippen molar-refractivity contribution < 1.29 is 31.1 Å². The number of amides is 1. The molecule has 1 aromatic carbocycles. The lowest BCUT2D eigenvalue weighted by atomic mass is 9.96. The molecule has 0 spiro atoms. The molecule has 1 saturated heterocycles. The van der Waals surface area contributed by atoms with Gasteiger partial charge in [-0.05, 0) is 39.1 Å². The fourth-order valence-electron chi connectivity index (χ4n) is 3.46. The Labute approximate surface area is 188 Å².